The van der Waals surface area contributed by atoms with E-state index in [2.05, 4.69) is 15.2 Å². The van der Waals surface area contributed by atoms with Crippen molar-refractivity contribution in [1.82, 2.24) is 5.43 Å². The standard InChI is InChI=1S/C26H18ClN3O3S2/c27-25-19-10-3-1-8-17(19)22(18-9-2-4-11-20(18)25)16-28-29-26(31)21-12-5-6-13-23(21)30-35(32,33)24-14-7-15-34-24/h1-16,30H,(H,29,31)/b28-16-. The van der Waals surface area contributed by atoms with Crippen LogP contribution < -0.4 is 10.1 Å². The number of amides is 1. The minimum absolute atomic E-state index is 0.149. The Hall–Kier alpha value is -3.72. The first-order chi connectivity index (χ1) is 17.0. The van der Waals surface area contributed by atoms with Crippen LogP contribution in [0.25, 0.3) is 21.5 Å². The topological polar surface area (TPSA) is 87.6 Å². The molecule has 1 amide bonds. The molecule has 0 saturated carbocycles. The van der Waals surface area contributed by atoms with Crippen LogP contribution in [-0.2, 0) is 10.0 Å². The largest absolute Gasteiger partial charge is 0.278 e. The van der Waals surface area contributed by atoms with Gasteiger partial charge in [0.15, 0.2) is 0 Å². The number of hydrogen-bond acceptors (Lipinski definition) is 5. The number of rotatable bonds is 6. The van der Waals surface area contributed by atoms with E-state index in [9.17, 15) is 13.2 Å². The van der Waals surface area contributed by atoms with E-state index in [1.807, 2.05) is 48.5 Å². The number of para-hydroxylation sites is 1. The summed E-state index contributed by atoms with van der Waals surface area (Å²) in [5, 5.41) is 10.1. The van der Waals surface area contributed by atoms with Gasteiger partial charge in [0.25, 0.3) is 15.9 Å². The third kappa shape index (κ3) is 4.51. The van der Waals surface area contributed by atoms with E-state index in [1.165, 1.54) is 18.2 Å². The molecule has 2 N–H and O–H groups in total. The van der Waals surface area contributed by atoms with Gasteiger partial charge in [-0.1, -0.05) is 78.3 Å². The number of carbonyl (C=O) groups excluding carboxylic acids is 1. The Morgan fingerprint density at radius 3 is 2.06 bits per heavy atom. The first kappa shape index (κ1) is 23.0. The molecule has 0 aliphatic carbocycles. The number of anilines is 1. The number of benzene rings is 4. The zero-order valence-electron chi connectivity index (χ0n) is 18.1. The molecule has 0 saturated heterocycles. The van der Waals surface area contributed by atoms with Gasteiger partial charge >= 0.3 is 0 Å². The molecule has 0 radical (unpaired) electrons. The molecule has 0 bridgehead atoms. The van der Waals surface area contributed by atoms with Crippen molar-refractivity contribution in [2.75, 3.05) is 4.72 Å². The van der Waals surface area contributed by atoms with Crippen molar-refractivity contribution >= 4 is 72.3 Å². The number of fused-ring (bicyclic) bond motifs is 2. The van der Waals surface area contributed by atoms with Crippen molar-refractivity contribution in [2.45, 2.75) is 4.21 Å². The van der Waals surface area contributed by atoms with Gasteiger partial charge in [0.2, 0.25) is 0 Å². The van der Waals surface area contributed by atoms with Gasteiger partial charge in [-0.15, -0.1) is 11.3 Å². The van der Waals surface area contributed by atoms with E-state index in [0.29, 0.717) is 5.02 Å². The Morgan fingerprint density at radius 2 is 1.43 bits per heavy atom. The Morgan fingerprint density at radius 1 is 0.829 bits per heavy atom. The second kappa shape index (κ2) is 9.50. The highest BCUT2D eigenvalue weighted by Gasteiger charge is 2.19. The molecule has 0 spiro atoms. The molecule has 0 aliphatic heterocycles. The van der Waals surface area contributed by atoms with Gasteiger partial charge in [0, 0.05) is 16.3 Å². The number of thiophene rings is 1. The van der Waals surface area contributed by atoms with Gasteiger partial charge in [0.05, 0.1) is 22.5 Å². The van der Waals surface area contributed by atoms with Crippen LogP contribution in [0.3, 0.4) is 0 Å². The zero-order valence-corrected chi connectivity index (χ0v) is 20.5. The monoisotopic (exact) mass is 519 g/mol. The maximum absolute atomic E-state index is 12.9. The maximum atomic E-state index is 12.9. The third-order valence-corrected chi connectivity index (χ3v) is 8.61. The molecule has 0 atom stereocenters. The van der Waals surface area contributed by atoms with Crippen molar-refractivity contribution in [3.8, 4) is 0 Å². The molecular weight excluding hydrogens is 502 g/mol. The smallest absolute Gasteiger partial charge is 0.273 e. The van der Waals surface area contributed by atoms with Crippen LogP contribution in [0.15, 0.2) is 99.6 Å². The molecular formula is C26H18ClN3O3S2. The van der Waals surface area contributed by atoms with Crippen LogP contribution in [0.4, 0.5) is 5.69 Å². The summed E-state index contributed by atoms with van der Waals surface area (Å²) in [6, 6.07) is 25.0. The lowest BCUT2D eigenvalue weighted by molar-refractivity contribution is 0.0956. The number of halogens is 1. The van der Waals surface area contributed by atoms with Crippen molar-refractivity contribution in [1.29, 1.82) is 0 Å². The average Bonchev–Trinajstić information content (AvgIpc) is 3.42. The summed E-state index contributed by atoms with van der Waals surface area (Å²) in [5.74, 6) is -0.548. The molecule has 174 valence electrons. The number of nitrogens with one attached hydrogen (secondary N) is 2. The molecule has 5 rings (SSSR count). The van der Waals surface area contributed by atoms with Crippen LogP contribution in [0, 0.1) is 0 Å². The number of carbonyl (C=O) groups is 1. The fourth-order valence-corrected chi connectivity index (χ4v) is 6.25. The van der Waals surface area contributed by atoms with E-state index >= 15 is 0 Å². The van der Waals surface area contributed by atoms with E-state index in [-0.39, 0.29) is 15.5 Å². The van der Waals surface area contributed by atoms with Gasteiger partial charge in [-0.3, -0.25) is 9.52 Å². The summed E-state index contributed by atoms with van der Waals surface area (Å²) in [6.07, 6.45) is 1.58. The molecule has 35 heavy (non-hydrogen) atoms. The lowest BCUT2D eigenvalue weighted by Gasteiger charge is -2.11. The molecule has 1 aromatic heterocycles. The van der Waals surface area contributed by atoms with Crippen LogP contribution in [0.2, 0.25) is 5.02 Å². The third-order valence-electron chi connectivity index (χ3n) is 5.44. The van der Waals surface area contributed by atoms with Crippen molar-refractivity contribution in [2.24, 2.45) is 5.10 Å². The molecule has 0 aliphatic rings. The molecule has 1 heterocycles. The van der Waals surface area contributed by atoms with Gasteiger partial charge in [-0.05, 0) is 34.4 Å². The number of hydrazone groups is 1. The quantitative estimate of drug-likeness (QED) is 0.157. The zero-order chi connectivity index (χ0) is 24.4. The molecule has 6 nitrogen and oxygen atoms in total. The number of nitrogens with zero attached hydrogens (tertiary/aromatic N) is 1. The highest BCUT2D eigenvalue weighted by Crippen LogP contribution is 2.35. The Balaban J connectivity index is 1.46. The first-order valence-corrected chi connectivity index (χ1v) is 13.3. The summed E-state index contributed by atoms with van der Waals surface area (Å²) in [5.41, 5.74) is 3.64. The maximum Gasteiger partial charge on any atom is 0.273 e. The first-order valence-electron chi connectivity index (χ1n) is 10.5. The second-order valence-corrected chi connectivity index (χ2v) is 10.8. The minimum Gasteiger partial charge on any atom is -0.278 e. The van der Waals surface area contributed by atoms with Gasteiger partial charge < -0.3 is 0 Å². The van der Waals surface area contributed by atoms with Gasteiger partial charge in [0.1, 0.15) is 4.21 Å². The molecule has 5 aromatic rings. The van der Waals surface area contributed by atoms with Crippen LogP contribution in [-0.4, -0.2) is 20.5 Å². The lowest BCUT2D eigenvalue weighted by Crippen LogP contribution is -2.21. The van der Waals surface area contributed by atoms with Crippen molar-refractivity contribution in [3.63, 3.8) is 0 Å². The summed E-state index contributed by atoms with van der Waals surface area (Å²) in [7, 11) is -3.80. The molecule has 9 heteroatoms. The summed E-state index contributed by atoms with van der Waals surface area (Å²) in [4.78, 5) is 12.9. The predicted molar refractivity (Wildman–Crippen MR) is 143 cm³/mol. The SMILES string of the molecule is O=C(N/N=C\c1c2ccccc2c(Cl)c2ccccc12)c1ccccc1NS(=O)(=O)c1cccs1. The van der Waals surface area contributed by atoms with E-state index < -0.39 is 15.9 Å². The highest BCUT2D eigenvalue weighted by atomic mass is 35.5. The predicted octanol–water partition coefficient (Wildman–Crippen LogP) is 6.27. The molecule has 4 aromatic carbocycles. The summed E-state index contributed by atoms with van der Waals surface area (Å²) in [6.45, 7) is 0. The van der Waals surface area contributed by atoms with E-state index in [4.69, 9.17) is 11.6 Å². The van der Waals surface area contributed by atoms with Crippen molar-refractivity contribution < 1.29 is 13.2 Å². The normalized spacial score (nSPS) is 11.8. The van der Waals surface area contributed by atoms with E-state index in [0.717, 1.165) is 38.4 Å². The van der Waals surface area contributed by atoms with Gasteiger partial charge in [-0.2, -0.15) is 5.10 Å². The van der Waals surface area contributed by atoms with Crippen LogP contribution in [0.1, 0.15) is 15.9 Å². The Bertz CT molecular complexity index is 1640. The fraction of sp³-hybridized carbons (Fsp3) is 0. The van der Waals surface area contributed by atoms with Crippen LogP contribution in [0.5, 0.6) is 0 Å². The molecule has 0 fully saturated rings. The number of hydrogen-bond donors (Lipinski definition) is 2. The summed E-state index contributed by atoms with van der Waals surface area (Å²) < 4.78 is 27.9. The van der Waals surface area contributed by atoms with Gasteiger partial charge in [-0.25, -0.2) is 13.8 Å². The highest BCUT2D eigenvalue weighted by molar-refractivity contribution is 7.94. The number of sulfonamides is 1. The molecule has 0 unspecified atom stereocenters. The fourth-order valence-electron chi connectivity index (χ4n) is 3.85. The van der Waals surface area contributed by atoms with Crippen LogP contribution >= 0.6 is 22.9 Å². The van der Waals surface area contributed by atoms with Crippen molar-refractivity contribution in [3.05, 3.63) is 106 Å². The van der Waals surface area contributed by atoms with E-state index in [1.54, 1.807) is 29.8 Å². The summed E-state index contributed by atoms with van der Waals surface area (Å²) >= 11 is 7.74. The second-order valence-electron chi connectivity index (χ2n) is 7.60. The minimum atomic E-state index is -3.80. The Labute approximate surface area is 210 Å². The Kier molecular flexibility index (Phi) is 6.25. The average molecular weight is 520 g/mol. The lowest BCUT2D eigenvalue weighted by atomic mass is 9.97.